The summed E-state index contributed by atoms with van der Waals surface area (Å²) in [5, 5.41) is 26.2. The Labute approximate surface area is 166 Å². The fraction of sp³-hybridized carbons (Fsp3) is 0.316. The highest BCUT2D eigenvalue weighted by Crippen LogP contribution is 2.39. The molecule has 1 atom stereocenters. The molecule has 29 heavy (non-hydrogen) atoms. The lowest BCUT2D eigenvalue weighted by atomic mass is 9.80. The second kappa shape index (κ2) is 9.00. The average Bonchev–Trinajstić information content (AvgIpc) is 2.64. The van der Waals surface area contributed by atoms with Crippen LogP contribution in [0.25, 0.3) is 0 Å². The van der Waals surface area contributed by atoms with Crippen molar-refractivity contribution < 1.29 is 29.2 Å². The molecule has 10 heteroatoms. The van der Waals surface area contributed by atoms with Crippen LogP contribution in [0.15, 0.2) is 46.8 Å². The number of allylic oxidation sites excluding steroid dienone is 2. The number of hydrogen-bond acceptors (Lipinski definition) is 7. The molecule has 0 aromatic heterocycles. The van der Waals surface area contributed by atoms with Crippen molar-refractivity contribution in [3.8, 4) is 0 Å². The van der Waals surface area contributed by atoms with Crippen LogP contribution in [-0.4, -0.2) is 41.0 Å². The minimum absolute atomic E-state index is 0.0383. The van der Waals surface area contributed by atoms with Gasteiger partial charge in [-0.25, -0.2) is 9.59 Å². The molecule has 0 bridgehead atoms. The summed E-state index contributed by atoms with van der Waals surface area (Å²) in [4.78, 5) is 46.2. The molecule has 0 saturated heterocycles. The number of ether oxygens (including phenoxy) is 1. The van der Waals surface area contributed by atoms with Crippen molar-refractivity contribution in [2.75, 3.05) is 13.2 Å². The number of nitrogens with zero attached hydrogens (tertiary/aromatic N) is 1. The highest BCUT2D eigenvalue weighted by molar-refractivity contribution is 5.99. The van der Waals surface area contributed by atoms with E-state index in [4.69, 9.17) is 4.74 Å². The van der Waals surface area contributed by atoms with Crippen molar-refractivity contribution >= 4 is 23.5 Å². The number of carboxylic acid groups (broad SMARTS) is 1. The number of benzene rings is 1. The number of carbonyl (C=O) groups is 3. The number of aliphatic carboxylic acids is 1. The summed E-state index contributed by atoms with van der Waals surface area (Å²) in [6, 6.07) is 5.48. The summed E-state index contributed by atoms with van der Waals surface area (Å²) in [6.07, 6.45) is 0. The van der Waals surface area contributed by atoms with E-state index in [9.17, 15) is 29.6 Å². The molecule has 0 fully saturated rings. The Hall–Kier alpha value is -3.69. The molecule has 1 amide bonds. The van der Waals surface area contributed by atoms with Gasteiger partial charge < -0.3 is 20.5 Å². The number of nitrogens with one attached hydrogen (secondary N) is 2. The predicted octanol–water partition coefficient (Wildman–Crippen LogP) is 1.59. The van der Waals surface area contributed by atoms with E-state index < -0.39 is 22.8 Å². The summed E-state index contributed by atoms with van der Waals surface area (Å²) < 4.78 is 5.19. The van der Waals surface area contributed by atoms with E-state index in [-0.39, 0.29) is 41.5 Å². The van der Waals surface area contributed by atoms with Crippen LogP contribution in [0.4, 0.5) is 5.69 Å². The molecule has 0 spiro atoms. The lowest BCUT2D eigenvalue weighted by Crippen LogP contribution is -2.33. The SMILES string of the molecule is CC(=O)NCCOC(=O)C1=C(C)NC(C)=C(C(=O)O)[C@H]1c1cccc([N+](=O)[O-])c1. The molecule has 1 heterocycles. The fourth-order valence-corrected chi connectivity index (χ4v) is 3.15. The molecular weight excluding hydrogens is 382 g/mol. The van der Waals surface area contributed by atoms with E-state index in [1.54, 1.807) is 13.8 Å². The number of rotatable bonds is 7. The summed E-state index contributed by atoms with van der Waals surface area (Å²) >= 11 is 0. The molecule has 1 aromatic carbocycles. The molecule has 0 radical (unpaired) electrons. The number of hydrogen-bond donors (Lipinski definition) is 3. The molecule has 1 aliphatic rings. The van der Waals surface area contributed by atoms with Crippen molar-refractivity contribution in [3.63, 3.8) is 0 Å². The summed E-state index contributed by atoms with van der Waals surface area (Å²) in [5.74, 6) is -3.37. The van der Waals surface area contributed by atoms with Crippen LogP contribution in [0, 0.1) is 10.1 Å². The Bertz CT molecular complexity index is 933. The van der Waals surface area contributed by atoms with Crippen molar-refractivity contribution in [1.29, 1.82) is 0 Å². The zero-order chi connectivity index (χ0) is 21.7. The Morgan fingerprint density at radius 3 is 2.48 bits per heavy atom. The van der Waals surface area contributed by atoms with Gasteiger partial charge in [0, 0.05) is 30.5 Å². The normalized spacial score (nSPS) is 16.2. The zero-order valence-electron chi connectivity index (χ0n) is 16.1. The Morgan fingerprint density at radius 1 is 1.24 bits per heavy atom. The quantitative estimate of drug-likeness (QED) is 0.269. The van der Waals surface area contributed by atoms with Crippen LogP contribution in [0.2, 0.25) is 0 Å². The van der Waals surface area contributed by atoms with Crippen LogP contribution in [-0.2, 0) is 19.1 Å². The molecule has 0 unspecified atom stereocenters. The number of carbonyl (C=O) groups excluding carboxylic acids is 2. The van der Waals surface area contributed by atoms with Gasteiger partial charge in [-0.05, 0) is 19.4 Å². The van der Waals surface area contributed by atoms with E-state index >= 15 is 0 Å². The maximum absolute atomic E-state index is 12.7. The number of carboxylic acids is 1. The van der Waals surface area contributed by atoms with Gasteiger partial charge in [0.05, 0.1) is 28.5 Å². The second-order valence-corrected chi connectivity index (χ2v) is 6.41. The predicted molar refractivity (Wildman–Crippen MR) is 102 cm³/mol. The molecule has 3 N–H and O–H groups in total. The van der Waals surface area contributed by atoms with Crippen molar-refractivity contribution in [1.82, 2.24) is 10.6 Å². The van der Waals surface area contributed by atoms with Crippen LogP contribution in [0.3, 0.4) is 0 Å². The smallest absolute Gasteiger partial charge is 0.336 e. The summed E-state index contributed by atoms with van der Waals surface area (Å²) in [7, 11) is 0. The number of nitro benzene ring substituents is 1. The molecular formula is C19H21N3O7. The van der Waals surface area contributed by atoms with Gasteiger partial charge in [0.15, 0.2) is 0 Å². The van der Waals surface area contributed by atoms with Gasteiger partial charge in [-0.1, -0.05) is 12.1 Å². The molecule has 0 aliphatic carbocycles. The first-order chi connectivity index (χ1) is 13.6. The van der Waals surface area contributed by atoms with Gasteiger partial charge >= 0.3 is 11.9 Å². The lowest BCUT2D eigenvalue weighted by molar-refractivity contribution is -0.384. The first kappa shape index (κ1) is 21.6. The third-order valence-electron chi connectivity index (χ3n) is 4.33. The van der Waals surface area contributed by atoms with Crippen molar-refractivity contribution in [2.24, 2.45) is 0 Å². The number of non-ortho nitro benzene ring substituents is 1. The fourth-order valence-electron chi connectivity index (χ4n) is 3.15. The van der Waals surface area contributed by atoms with E-state index in [1.165, 1.54) is 31.2 Å². The van der Waals surface area contributed by atoms with Crippen LogP contribution >= 0.6 is 0 Å². The van der Waals surface area contributed by atoms with Crippen LogP contribution in [0.5, 0.6) is 0 Å². The van der Waals surface area contributed by atoms with E-state index in [0.29, 0.717) is 11.4 Å². The highest BCUT2D eigenvalue weighted by Gasteiger charge is 2.37. The first-order valence-corrected chi connectivity index (χ1v) is 8.71. The molecule has 2 rings (SSSR count). The van der Waals surface area contributed by atoms with Gasteiger partial charge in [0.2, 0.25) is 5.91 Å². The Kier molecular flexibility index (Phi) is 6.71. The minimum Gasteiger partial charge on any atom is -0.478 e. The minimum atomic E-state index is -1.26. The standard InChI is InChI=1S/C19H21N3O7/c1-10-15(18(24)25)17(13-5-4-6-14(9-13)22(27)28)16(11(2)21-10)19(26)29-8-7-20-12(3)23/h4-6,9,17,21H,7-8H2,1-3H3,(H,20,23)(H,24,25)/t17-/m1/s1. The third-order valence-corrected chi connectivity index (χ3v) is 4.33. The van der Waals surface area contributed by atoms with E-state index in [0.717, 1.165) is 0 Å². The Balaban J connectivity index is 2.46. The maximum atomic E-state index is 12.7. The number of nitro groups is 1. The largest absolute Gasteiger partial charge is 0.478 e. The summed E-state index contributed by atoms with van der Waals surface area (Å²) in [6.45, 7) is 4.46. The number of esters is 1. The first-order valence-electron chi connectivity index (χ1n) is 8.71. The average molecular weight is 403 g/mol. The monoisotopic (exact) mass is 403 g/mol. The topological polar surface area (TPSA) is 148 Å². The maximum Gasteiger partial charge on any atom is 0.336 e. The van der Waals surface area contributed by atoms with Gasteiger partial charge in [0.1, 0.15) is 6.61 Å². The highest BCUT2D eigenvalue weighted by atomic mass is 16.6. The van der Waals surface area contributed by atoms with Gasteiger partial charge in [-0.2, -0.15) is 0 Å². The molecule has 1 aromatic rings. The third kappa shape index (κ3) is 4.98. The molecule has 1 aliphatic heterocycles. The molecule has 0 saturated carbocycles. The van der Waals surface area contributed by atoms with Gasteiger partial charge in [-0.15, -0.1) is 0 Å². The zero-order valence-corrected chi connectivity index (χ0v) is 16.1. The summed E-state index contributed by atoms with van der Waals surface area (Å²) in [5.41, 5.74) is 0.695. The van der Waals surface area contributed by atoms with Crippen LogP contribution < -0.4 is 10.6 Å². The van der Waals surface area contributed by atoms with Crippen molar-refractivity contribution in [3.05, 3.63) is 62.5 Å². The molecule has 10 nitrogen and oxygen atoms in total. The van der Waals surface area contributed by atoms with E-state index in [1.807, 2.05) is 0 Å². The van der Waals surface area contributed by atoms with Gasteiger partial charge in [-0.3, -0.25) is 14.9 Å². The number of dihydropyridines is 1. The lowest BCUT2D eigenvalue weighted by Gasteiger charge is -2.29. The number of amides is 1. The van der Waals surface area contributed by atoms with Crippen LogP contribution in [0.1, 0.15) is 32.3 Å². The Morgan fingerprint density at radius 2 is 1.90 bits per heavy atom. The van der Waals surface area contributed by atoms with Crippen molar-refractivity contribution in [2.45, 2.75) is 26.7 Å². The van der Waals surface area contributed by atoms with Gasteiger partial charge in [0.25, 0.3) is 5.69 Å². The molecule has 154 valence electrons. The second-order valence-electron chi connectivity index (χ2n) is 6.41. The van der Waals surface area contributed by atoms with E-state index in [2.05, 4.69) is 10.6 Å².